The Morgan fingerprint density at radius 1 is 1.50 bits per heavy atom. The summed E-state index contributed by atoms with van der Waals surface area (Å²) in [6.45, 7) is 0. The third-order valence-corrected chi connectivity index (χ3v) is 3.33. The molecule has 18 heavy (non-hydrogen) atoms. The van der Waals surface area contributed by atoms with Crippen LogP contribution in [-0.4, -0.2) is 13.1 Å². The lowest BCUT2D eigenvalue weighted by atomic mass is 10.1. The minimum atomic E-state index is -0.652. The van der Waals surface area contributed by atoms with Crippen molar-refractivity contribution in [3.63, 3.8) is 0 Å². The quantitative estimate of drug-likeness (QED) is 0.277. The summed E-state index contributed by atoms with van der Waals surface area (Å²) in [7, 11) is 1.24. The molecule has 1 aromatic heterocycles. The second kappa shape index (κ2) is 5.35. The summed E-state index contributed by atoms with van der Waals surface area (Å²) in [5.41, 5.74) is 9.22. The molecule has 1 heterocycles. The van der Waals surface area contributed by atoms with E-state index in [0.717, 1.165) is 15.6 Å². The van der Waals surface area contributed by atoms with Crippen LogP contribution >= 0.6 is 11.3 Å². The maximum absolute atomic E-state index is 11.4. The Morgan fingerprint density at radius 3 is 3.06 bits per heavy atom. The van der Waals surface area contributed by atoms with Crippen LogP contribution in [-0.2, 0) is 9.53 Å². The molecule has 2 rings (SSSR count). The number of nitrogens with zero attached hydrogens (tertiary/aromatic N) is 3. The molecule has 6 heteroatoms. The zero-order chi connectivity index (χ0) is 13.0. The number of hydrogen-bond donors (Lipinski definition) is 0. The van der Waals surface area contributed by atoms with Gasteiger partial charge < -0.3 is 4.74 Å². The summed E-state index contributed by atoms with van der Waals surface area (Å²) in [4.78, 5) is 14.1. The van der Waals surface area contributed by atoms with Gasteiger partial charge in [-0.05, 0) is 34.0 Å². The first-order chi connectivity index (χ1) is 8.76. The minimum Gasteiger partial charge on any atom is -0.466 e. The van der Waals surface area contributed by atoms with Crippen LogP contribution in [0.3, 0.4) is 0 Å². The van der Waals surface area contributed by atoms with Gasteiger partial charge in [0.2, 0.25) is 0 Å². The van der Waals surface area contributed by atoms with Crippen LogP contribution < -0.4 is 0 Å². The highest BCUT2D eigenvalue weighted by atomic mass is 32.1. The van der Waals surface area contributed by atoms with E-state index >= 15 is 0 Å². The summed E-state index contributed by atoms with van der Waals surface area (Å²) in [5, 5.41) is 6.40. The zero-order valence-electron chi connectivity index (χ0n) is 9.53. The number of hydrogen-bond acceptors (Lipinski definition) is 4. The molecule has 0 aliphatic rings. The Hall–Kier alpha value is -2.30. The van der Waals surface area contributed by atoms with Crippen LogP contribution in [0.1, 0.15) is 5.56 Å². The van der Waals surface area contributed by atoms with Gasteiger partial charge in [0, 0.05) is 9.61 Å². The summed E-state index contributed by atoms with van der Waals surface area (Å²) < 4.78 is 5.60. The molecular formula is C12H9N3O2S. The number of carbonyl (C=O) groups excluding carboxylic acids is 1. The van der Waals surface area contributed by atoms with Crippen molar-refractivity contribution < 1.29 is 9.53 Å². The topological polar surface area (TPSA) is 75.1 Å². The van der Waals surface area contributed by atoms with Crippen LogP contribution in [0.15, 0.2) is 40.5 Å². The Morgan fingerprint density at radius 2 is 2.33 bits per heavy atom. The third kappa shape index (κ3) is 2.34. The Bertz CT molecular complexity index is 669. The number of esters is 1. The summed E-state index contributed by atoms with van der Waals surface area (Å²) >= 11 is 1.56. The average Bonchev–Trinajstić information content (AvgIpc) is 2.86. The molecule has 5 nitrogen and oxygen atoms in total. The van der Waals surface area contributed by atoms with E-state index in [1.807, 2.05) is 29.6 Å². The standard InChI is InChI=1S/C12H9N3O2S/c1-17-12(16)10(14-15-13)7-9-4-2-3-8-5-6-18-11(8)9/h2-7H,1H3/b10-7-. The summed E-state index contributed by atoms with van der Waals surface area (Å²) in [6.07, 6.45) is 1.53. The third-order valence-electron chi connectivity index (χ3n) is 2.35. The van der Waals surface area contributed by atoms with E-state index in [4.69, 9.17) is 5.53 Å². The van der Waals surface area contributed by atoms with Crippen LogP contribution in [0.25, 0.3) is 26.6 Å². The van der Waals surface area contributed by atoms with Gasteiger partial charge >= 0.3 is 5.97 Å². The van der Waals surface area contributed by atoms with E-state index < -0.39 is 5.97 Å². The molecule has 1 aromatic carbocycles. The molecule has 0 saturated heterocycles. The van der Waals surface area contributed by atoms with Crippen molar-refractivity contribution >= 4 is 33.5 Å². The van der Waals surface area contributed by atoms with Crippen molar-refractivity contribution in [2.45, 2.75) is 0 Å². The van der Waals surface area contributed by atoms with E-state index in [9.17, 15) is 4.79 Å². The number of thiophene rings is 1. The number of azide groups is 1. The Balaban J connectivity index is 2.56. The van der Waals surface area contributed by atoms with Crippen LogP contribution in [0.5, 0.6) is 0 Å². The fourth-order valence-electron chi connectivity index (χ4n) is 1.56. The van der Waals surface area contributed by atoms with Crippen LogP contribution in [0.2, 0.25) is 0 Å². The SMILES string of the molecule is COC(=O)/C(=C/c1cccc2ccsc12)N=[N+]=[N-]. The highest BCUT2D eigenvalue weighted by molar-refractivity contribution is 7.17. The first-order valence-electron chi connectivity index (χ1n) is 5.07. The number of benzene rings is 1. The monoisotopic (exact) mass is 259 g/mol. The van der Waals surface area contributed by atoms with Gasteiger partial charge in [0.1, 0.15) is 5.70 Å². The van der Waals surface area contributed by atoms with Crippen molar-refractivity contribution in [3.05, 3.63) is 51.3 Å². The van der Waals surface area contributed by atoms with Gasteiger partial charge in [0.15, 0.2) is 0 Å². The van der Waals surface area contributed by atoms with Crippen molar-refractivity contribution in [2.24, 2.45) is 5.11 Å². The molecule has 0 saturated carbocycles. The first kappa shape index (κ1) is 12.2. The molecule has 90 valence electrons. The second-order valence-electron chi connectivity index (χ2n) is 3.40. The normalized spacial score (nSPS) is 11.1. The Labute approximate surface area is 107 Å². The second-order valence-corrected chi connectivity index (χ2v) is 4.31. The van der Waals surface area contributed by atoms with E-state index in [2.05, 4.69) is 14.8 Å². The molecule has 0 aliphatic heterocycles. The smallest absolute Gasteiger partial charge is 0.340 e. The summed E-state index contributed by atoms with van der Waals surface area (Å²) in [5.74, 6) is -0.652. The number of methoxy groups -OCH3 is 1. The van der Waals surface area contributed by atoms with E-state index in [1.54, 1.807) is 11.3 Å². The maximum Gasteiger partial charge on any atom is 0.340 e. The lowest BCUT2D eigenvalue weighted by Crippen LogP contribution is -2.01. The molecule has 0 fully saturated rings. The molecule has 0 unspecified atom stereocenters. The van der Waals surface area contributed by atoms with E-state index in [-0.39, 0.29) is 5.70 Å². The molecule has 2 aromatic rings. The molecular weight excluding hydrogens is 250 g/mol. The zero-order valence-corrected chi connectivity index (χ0v) is 10.3. The predicted molar refractivity (Wildman–Crippen MR) is 71.0 cm³/mol. The fourth-order valence-corrected chi connectivity index (χ4v) is 2.44. The fraction of sp³-hybridized carbons (Fsp3) is 0.0833. The lowest BCUT2D eigenvalue weighted by molar-refractivity contribution is -0.136. The van der Waals surface area contributed by atoms with E-state index in [0.29, 0.717) is 0 Å². The van der Waals surface area contributed by atoms with E-state index in [1.165, 1.54) is 13.2 Å². The highest BCUT2D eigenvalue weighted by Crippen LogP contribution is 2.26. The van der Waals surface area contributed by atoms with Crippen molar-refractivity contribution in [1.82, 2.24) is 0 Å². The van der Waals surface area contributed by atoms with Gasteiger partial charge in [0.05, 0.1) is 7.11 Å². The van der Waals surface area contributed by atoms with Crippen molar-refractivity contribution in [2.75, 3.05) is 7.11 Å². The minimum absolute atomic E-state index is 0.0547. The summed E-state index contributed by atoms with van der Waals surface area (Å²) in [6, 6.07) is 7.71. The van der Waals surface area contributed by atoms with Gasteiger partial charge in [-0.2, -0.15) is 0 Å². The predicted octanol–water partition coefficient (Wildman–Crippen LogP) is 3.73. The number of rotatable bonds is 3. The van der Waals surface area contributed by atoms with Gasteiger partial charge in [-0.1, -0.05) is 23.3 Å². The maximum atomic E-state index is 11.4. The van der Waals surface area contributed by atoms with Gasteiger partial charge in [-0.3, -0.25) is 0 Å². The molecule has 0 radical (unpaired) electrons. The molecule has 0 aliphatic carbocycles. The van der Waals surface area contributed by atoms with Crippen molar-refractivity contribution in [1.29, 1.82) is 0 Å². The number of carbonyl (C=O) groups is 1. The largest absolute Gasteiger partial charge is 0.466 e. The highest BCUT2D eigenvalue weighted by Gasteiger charge is 2.08. The molecule has 0 atom stereocenters. The van der Waals surface area contributed by atoms with Crippen molar-refractivity contribution in [3.8, 4) is 0 Å². The van der Waals surface area contributed by atoms with Gasteiger partial charge in [-0.15, -0.1) is 11.3 Å². The lowest BCUT2D eigenvalue weighted by Gasteiger charge is -2.00. The molecule has 0 amide bonds. The van der Waals surface area contributed by atoms with Crippen LogP contribution in [0, 0.1) is 0 Å². The molecule has 0 spiro atoms. The average molecular weight is 259 g/mol. The number of fused-ring (bicyclic) bond motifs is 1. The molecule has 0 N–H and O–H groups in total. The first-order valence-corrected chi connectivity index (χ1v) is 5.95. The molecule has 0 bridgehead atoms. The number of ether oxygens (including phenoxy) is 1. The van der Waals surface area contributed by atoms with Gasteiger partial charge in [0.25, 0.3) is 0 Å². The Kier molecular flexibility index (Phi) is 3.62. The van der Waals surface area contributed by atoms with Crippen LogP contribution in [0.4, 0.5) is 0 Å². The van der Waals surface area contributed by atoms with Gasteiger partial charge in [-0.25, -0.2) is 4.79 Å².